The van der Waals surface area contributed by atoms with Gasteiger partial charge in [-0.15, -0.1) is 0 Å². The van der Waals surface area contributed by atoms with Crippen molar-refractivity contribution in [1.29, 1.82) is 0 Å². The first-order valence-electron chi connectivity index (χ1n) is 8.08. The predicted octanol–water partition coefficient (Wildman–Crippen LogP) is 4.91. The van der Waals surface area contributed by atoms with Gasteiger partial charge in [-0.1, -0.05) is 54.6 Å². The standard InChI is InChI=1S/C21H15N3/c1-2-6-17-16(5-1)13-20(22-17)14-9-11-15(12-10-14)21-23-18-7-3-4-8-19(18)24-21/h1-12H,13H2,(H,23,24). The van der Waals surface area contributed by atoms with Crippen LogP contribution >= 0.6 is 0 Å². The molecule has 3 heteroatoms. The van der Waals surface area contributed by atoms with Crippen molar-refractivity contribution in [2.75, 3.05) is 0 Å². The minimum Gasteiger partial charge on any atom is -0.338 e. The van der Waals surface area contributed by atoms with E-state index in [2.05, 4.69) is 52.4 Å². The van der Waals surface area contributed by atoms with Crippen LogP contribution in [0.1, 0.15) is 11.1 Å². The molecule has 0 radical (unpaired) electrons. The number of aromatic amines is 1. The van der Waals surface area contributed by atoms with E-state index in [1.807, 2.05) is 30.3 Å². The number of nitrogens with zero attached hydrogens (tertiary/aromatic N) is 2. The molecule has 0 bridgehead atoms. The van der Waals surface area contributed by atoms with Gasteiger partial charge in [-0.25, -0.2) is 4.98 Å². The molecule has 0 unspecified atom stereocenters. The van der Waals surface area contributed by atoms with Gasteiger partial charge in [0.1, 0.15) is 5.82 Å². The molecule has 1 aliphatic rings. The maximum absolute atomic E-state index is 4.75. The van der Waals surface area contributed by atoms with E-state index in [1.54, 1.807) is 0 Å². The van der Waals surface area contributed by atoms with E-state index in [1.165, 1.54) is 11.1 Å². The maximum atomic E-state index is 4.75. The van der Waals surface area contributed by atoms with Crippen molar-refractivity contribution in [3.8, 4) is 11.4 Å². The van der Waals surface area contributed by atoms with Crippen LogP contribution in [-0.4, -0.2) is 15.7 Å². The van der Waals surface area contributed by atoms with E-state index in [4.69, 9.17) is 4.99 Å². The first-order chi connectivity index (χ1) is 11.9. The molecule has 0 spiro atoms. The number of hydrogen-bond donors (Lipinski definition) is 1. The quantitative estimate of drug-likeness (QED) is 0.562. The van der Waals surface area contributed by atoms with E-state index in [-0.39, 0.29) is 0 Å². The van der Waals surface area contributed by atoms with Crippen LogP contribution in [0.25, 0.3) is 22.4 Å². The Labute approximate surface area is 139 Å². The molecule has 24 heavy (non-hydrogen) atoms. The molecular formula is C21H15N3. The fourth-order valence-electron chi connectivity index (χ4n) is 3.21. The number of benzene rings is 3. The number of aromatic nitrogens is 2. The normalized spacial score (nSPS) is 13.1. The summed E-state index contributed by atoms with van der Waals surface area (Å²) in [6.07, 6.45) is 0.903. The SMILES string of the molecule is c1ccc2c(c1)CC(c1ccc(-c3nc4ccccc4[nH]3)cc1)=N2. The average Bonchev–Trinajstić information content (AvgIpc) is 3.25. The van der Waals surface area contributed by atoms with Gasteiger partial charge < -0.3 is 4.98 Å². The monoisotopic (exact) mass is 309 g/mol. The highest BCUT2D eigenvalue weighted by atomic mass is 14.9. The van der Waals surface area contributed by atoms with E-state index in [0.717, 1.165) is 40.2 Å². The highest BCUT2D eigenvalue weighted by Gasteiger charge is 2.15. The molecule has 3 aromatic carbocycles. The highest BCUT2D eigenvalue weighted by molar-refractivity contribution is 6.06. The molecule has 0 atom stereocenters. The second-order valence-corrected chi connectivity index (χ2v) is 6.04. The molecule has 114 valence electrons. The van der Waals surface area contributed by atoms with Crippen LogP contribution in [0.3, 0.4) is 0 Å². The van der Waals surface area contributed by atoms with Crippen molar-refractivity contribution in [1.82, 2.24) is 9.97 Å². The van der Waals surface area contributed by atoms with Crippen molar-refractivity contribution in [3.63, 3.8) is 0 Å². The van der Waals surface area contributed by atoms with Crippen LogP contribution in [0.15, 0.2) is 77.8 Å². The molecule has 1 N–H and O–H groups in total. The molecule has 1 aliphatic heterocycles. The van der Waals surface area contributed by atoms with E-state index in [0.29, 0.717) is 0 Å². The van der Waals surface area contributed by atoms with Gasteiger partial charge in [-0.3, -0.25) is 4.99 Å². The summed E-state index contributed by atoms with van der Waals surface area (Å²) in [4.78, 5) is 12.8. The fourth-order valence-corrected chi connectivity index (χ4v) is 3.21. The molecule has 0 fully saturated rings. The summed E-state index contributed by atoms with van der Waals surface area (Å²) in [7, 11) is 0. The molecule has 0 saturated carbocycles. The van der Waals surface area contributed by atoms with Gasteiger partial charge in [0, 0.05) is 12.0 Å². The topological polar surface area (TPSA) is 41.0 Å². The maximum Gasteiger partial charge on any atom is 0.138 e. The summed E-state index contributed by atoms with van der Waals surface area (Å²) in [5.74, 6) is 0.902. The molecular weight excluding hydrogens is 294 g/mol. The summed E-state index contributed by atoms with van der Waals surface area (Å²) >= 11 is 0. The Bertz CT molecular complexity index is 1040. The third-order valence-corrected chi connectivity index (χ3v) is 4.49. The van der Waals surface area contributed by atoms with Gasteiger partial charge in [-0.2, -0.15) is 0 Å². The van der Waals surface area contributed by atoms with Crippen molar-refractivity contribution in [2.24, 2.45) is 4.99 Å². The third kappa shape index (κ3) is 2.14. The number of rotatable bonds is 2. The number of imidazole rings is 1. The molecule has 3 nitrogen and oxygen atoms in total. The number of nitrogens with one attached hydrogen (secondary N) is 1. The smallest absolute Gasteiger partial charge is 0.138 e. The first-order valence-corrected chi connectivity index (χ1v) is 8.08. The lowest BCUT2D eigenvalue weighted by Crippen LogP contribution is -1.99. The molecule has 2 heterocycles. The summed E-state index contributed by atoms with van der Waals surface area (Å²) in [6, 6.07) is 24.9. The first kappa shape index (κ1) is 13.3. The third-order valence-electron chi connectivity index (χ3n) is 4.49. The zero-order valence-corrected chi connectivity index (χ0v) is 13.0. The van der Waals surface area contributed by atoms with Gasteiger partial charge in [0.15, 0.2) is 0 Å². The van der Waals surface area contributed by atoms with Crippen molar-refractivity contribution in [3.05, 3.63) is 83.9 Å². The Hall–Kier alpha value is -3.20. The van der Waals surface area contributed by atoms with E-state index < -0.39 is 0 Å². The largest absolute Gasteiger partial charge is 0.338 e. The zero-order chi connectivity index (χ0) is 15.9. The molecule has 0 saturated heterocycles. The molecule has 1 aromatic heterocycles. The van der Waals surface area contributed by atoms with Crippen LogP contribution < -0.4 is 0 Å². The van der Waals surface area contributed by atoms with Gasteiger partial charge in [0.05, 0.1) is 22.4 Å². The number of hydrogen-bond acceptors (Lipinski definition) is 2. The summed E-state index contributed by atoms with van der Waals surface area (Å²) in [6.45, 7) is 0. The van der Waals surface area contributed by atoms with Crippen LogP contribution in [-0.2, 0) is 6.42 Å². The minimum absolute atomic E-state index is 0.902. The van der Waals surface area contributed by atoms with Crippen LogP contribution in [0.5, 0.6) is 0 Å². The average molecular weight is 309 g/mol. The summed E-state index contributed by atoms with van der Waals surface area (Å²) < 4.78 is 0. The fraction of sp³-hybridized carbons (Fsp3) is 0.0476. The minimum atomic E-state index is 0.902. The lowest BCUT2D eigenvalue weighted by molar-refractivity contribution is 1.33. The second-order valence-electron chi connectivity index (χ2n) is 6.04. The van der Waals surface area contributed by atoms with Gasteiger partial charge in [0.2, 0.25) is 0 Å². The van der Waals surface area contributed by atoms with Gasteiger partial charge >= 0.3 is 0 Å². The predicted molar refractivity (Wildman–Crippen MR) is 97.9 cm³/mol. The Kier molecular flexibility index (Phi) is 2.85. The lowest BCUT2D eigenvalue weighted by Gasteiger charge is -2.02. The number of H-pyrrole nitrogens is 1. The lowest BCUT2D eigenvalue weighted by atomic mass is 10.0. The Balaban J connectivity index is 1.48. The second kappa shape index (κ2) is 5.17. The Morgan fingerprint density at radius 3 is 2.33 bits per heavy atom. The van der Waals surface area contributed by atoms with E-state index in [9.17, 15) is 0 Å². The molecule has 0 amide bonds. The van der Waals surface area contributed by atoms with Crippen molar-refractivity contribution in [2.45, 2.75) is 6.42 Å². The van der Waals surface area contributed by atoms with Gasteiger partial charge in [0.25, 0.3) is 0 Å². The van der Waals surface area contributed by atoms with Crippen LogP contribution in [0, 0.1) is 0 Å². The number of para-hydroxylation sites is 3. The van der Waals surface area contributed by atoms with Crippen LogP contribution in [0.2, 0.25) is 0 Å². The number of aliphatic imine (C=N–C) groups is 1. The molecule has 4 aromatic rings. The number of fused-ring (bicyclic) bond motifs is 2. The Morgan fingerprint density at radius 1 is 0.750 bits per heavy atom. The van der Waals surface area contributed by atoms with Crippen LogP contribution in [0.4, 0.5) is 5.69 Å². The summed E-state index contributed by atoms with van der Waals surface area (Å²) in [5.41, 5.74) is 7.84. The highest BCUT2D eigenvalue weighted by Crippen LogP contribution is 2.29. The molecule has 5 rings (SSSR count). The zero-order valence-electron chi connectivity index (χ0n) is 13.0. The van der Waals surface area contributed by atoms with Gasteiger partial charge in [-0.05, 0) is 29.3 Å². The Morgan fingerprint density at radius 2 is 1.50 bits per heavy atom. The van der Waals surface area contributed by atoms with Crippen molar-refractivity contribution >= 4 is 22.4 Å². The van der Waals surface area contributed by atoms with Crippen molar-refractivity contribution < 1.29 is 0 Å². The summed E-state index contributed by atoms with van der Waals surface area (Å²) in [5, 5.41) is 0. The van der Waals surface area contributed by atoms with E-state index >= 15 is 0 Å². The molecule has 0 aliphatic carbocycles.